The monoisotopic (exact) mass is 272 g/mol. The van der Waals surface area contributed by atoms with Gasteiger partial charge in [-0.05, 0) is 35.6 Å². The van der Waals surface area contributed by atoms with Gasteiger partial charge in [0.2, 0.25) is 0 Å². The van der Waals surface area contributed by atoms with Crippen LogP contribution in [0, 0.1) is 0 Å². The third-order valence-electron chi connectivity index (χ3n) is 2.97. The summed E-state index contributed by atoms with van der Waals surface area (Å²) in [6.07, 6.45) is 4.34. The molecule has 2 heterocycles. The van der Waals surface area contributed by atoms with E-state index >= 15 is 0 Å². The average Bonchev–Trinajstić information content (AvgIpc) is 2.86. The van der Waals surface area contributed by atoms with E-state index in [1.165, 1.54) is 22.8 Å². The summed E-state index contributed by atoms with van der Waals surface area (Å²) < 4.78 is 0. The van der Waals surface area contributed by atoms with E-state index in [1.807, 2.05) is 6.20 Å². The minimum Gasteiger partial charge on any atom is -0.370 e. The fourth-order valence-corrected chi connectivity index (χ4v) is 2.17. The molecule has 19 heavy (non-hydrogen) atoms. The number of hydrogen-bond donors (Lipinski definition) is 2. The predicted molar refractivity (Wildman–Crippen MR) is 77.5 cm³/mol. The van der Waals surface area contributed by atoms with Gasteiger partial charge in [-0.15, -0.1) is 0 Å². The van der Waals surface area contributed by atoms with Crippen LogP contribution in [0.15, 0.2) is 42.9 Å². The van der Waals surface area contributed by atoms with Gasteiger partial charge < -0.3 is 10.3 Å². The lowest BCUT2D eigenvalue weighted by atomic mass is 10.1. The van der Waals surface area contributed by atoms with Crippen LogP contribution in [0.2, 0.25) is 5.15 Å². The number of H-pyrrole nitrogens is 1. The third kappa shape index (κ3) is 2.85. The number of aromatic nitrogens is 3. The van der Waals surface area contributed by atoms with Gasteiger partial charge in [0, 0.05) is 24.3 Å². The van der Waals surface area contributed by atoms with Crippen LogP contribution < -0.4 is 5.32 Å². The summed E-state index contributed by atoms with van der Waals surface area (Å²) in [4.78, 5) is 11.1. The number of nitrogens with zero attached hydrogens (tertiary/aromatic N) is 2. The van der Waals surface area contributed by atoms with E-state index in [-0.39, 0.29) is 0 Å². The molecule has 0 aliphatic rings. The van der Waals surface area contributed by atoms with Gasteiger partial charge in [0.05, 0.1) is 0 Å². The summed E-state index contributed by atoms with van der Waals surface area (Å²) in [5.41, 5.74) is 2.46. The molecule has 0 aliphatic carbocycles. The lowest BCUT2D eigenvalue weighted by Gasteiger charge is -2.05. The Morgan fingerprint density at radius 3 is 3.00 bits per heavy atom. The second kappa shape index (κ2) is 5.28. The fourth-order valence-electron chi connectivity index (χ4n) is 2.02. The van der Waals surface area contributed by atoms with Gasteiger partial charge in [-0.2, -0.15) is 0 Å². The standard InChI is InChI=1S/C14H13ClN4/c15-13-8-14(19-9-18-13)17-5-3-10-1-2-12-11(7-10)4-6-16-12/h1-2,4,6-9,16H,3,5H2,(H,17,18,19). The highest BCUT2D eigenvalue weighted by molar-refractivity contribution is 6.29. The normalized spacial score (nSPS) is 10.8. The van der Waals surface area contributed by atoms with Crippen molar-refractivity contribution in [3.8, 4) is 0 Å². The molecule has 0 amide bonds. The molecule has 0 bridgehead atoms. The molecule has 0 saturated carbocycles. The van der Waals surface area contributed by atoms with Gasteiger partial charge >= 0.3 is 0 Å². The lowest BCUT2D eigenvalue weighted by molar-refractivity contribution is 1.00. The van der Waals surface area contributed by atoms with Crippen LogP contribution >= 0.6 is 11.6 Å². The number of halogens is 1. The summed E-state index contributed by atoms with van der Waals surface area (Å²) in [5.74, 6) is 0.753. The lowest BCUT2D eigenvalue weighted by Crippen LogP contribution is -2.06. The van der Waals surface area contributed by atoms with Crippen molar-refractivity contribution in [1.29, 1.82) is 0 Å². The predicted octanol–water partition coefficient (Wildman–Crippen LogP) is 3.27. The van der Waals surface area contributed by atoms with Crippen LogP contribution in [0.1, 0.15) is 5.56 Å². The zero-order valence-corrected chi connectivity index (χ0v) is 11.0. The second-order valence-electron chi connectivity index (χ2n) is 4.30. The van der Waals surface area contributed by atoms with Gasteiger partial charge in [-0.1, -0.05) is 17.7 Å². The Morgan fingerprint density at radius 2 is 2.11 bits per heavy atom. The average molecular weight is 273 g/mol. The number of rotatable bonds is 4. The molecule has 5 heteroatoms. The minimum atomic E-state index is 0.450. The zero-order valence-electron chi connectivity index (χ0n) is 10.2. The molecule has 0 unspecified atom stereocenters. The second-order valence-corrected chi connectivity index (χ2v) is 4.69. The summed E-state index contributed by atoms with van der Waals surface area (Å²) in [5, 5.41) is 4.92. The first kappa shape index (κ1) is 12.0. The highest BCUT2D eigenvalue weighted by atomic mass is 35.5. The van der Waals surface area contributed by atoms with Crippen molar-refractivity contribution < 1.29 is 0 Å². The quantitative estimate of drug-likeness (QED) is 0.717. The van der Waals surface area contributed by atoms with Gasteiger partial charge in [0.15, 0.2) is 0 Å². The van der Waals surface area contributed by atoms with E-state index in [9.17, 15) is 0 Å². The van der Waals surface area contributed by atoms with Crippen molar-refractivity contribution >= 4 is 28.3 Å². The molecule has 0 atom stereocenters. The van der Waals surface area contributed by atoms with Gasteiger partial charge in [0.25, 0.3) is 0 Å². The molecule has 0 radical (unpaired) electrons. The Kier molecular flexibility index (Phi) is 3.33. The van der Waals surface area contributed by atoms with Crippen molar-refractivity contribution in [3.05, 3.63) is 53.6 Å². The van der Waals surface area contributed by atoms with Gasteiger partial charge in [0.1, 0.15) is 17.3 Å². The number of fused-ring (bicyclic) bond motifs is 1. The SMILES string of the molecule is Clc1cc(NCCc2ccc3[nH]ccc3c2)ncn1. The van der Waals surface area contributed by atoms with Crippen LogP contribution in [0.3, 0.4) is 0 Å². The highest BCUT2D eigenvalue weighted by Crippen LogP contribution is 2.15. The van der Waals surface area contributed by atoms with Gasteiger partial charge in [-0.3, -0.25) is 0 Å². The first-order chi connectivity index (χ1) is 9.31. The van der Waals surface area contributed by atoms with Crippen molar-refractivity contribution in [2.75, 3.05) is 11.9 Å². The topological polar surface area (TPSA) is 53.6 Å². The molecule has 3 aromatic rings. The highest BCUT2D eigenvalue weighted by Gasteiger charge is 1.99. The minimum absolute atomic E-state index is 0.450. The molecule has 0 fully saturated rings. The molecular formula is C14H13ClN4. The Hall–Kier alpha value is -2.07. The molecule has 0 aliphatic heterocycles. The molecule has 2 N–H and O–H groups in total. The maximum absolute atomic E-state index is 5.80. The number of anilines is 1. The van der Waals surface area contributed by atoms with E-state index in [2.05, 4.69) is 44.5 Å². The molecule has 0 spiro atoms. The van der Waals surface area contributed by atoms with Gasteiger partial charge in [-0.25, -0.2) is 9.97 Å². The number of hydrogen-bond acceptors (Lipinski definition) is 3. The zero-order chi connectivity index (χ0) is 13.1. The van der Waals surface area contributed by atoms with Crippen molar-refractivity contribution in [2.45, 2.75) is 6.42 Å². The molecule has 3 rings (SSSR count). The van der Waals surface area contributed by atoms with E-state index in [4.69, 9.17) is 11.6 Å². The van der Waals surface area contributed by atoms with Crippen LogP contribution in [-0.2, 0) is 6.42 Å². The van der Waals surface area contributed by atoms with Crippen LogP contribution in [0.5, 0.6) is 0 Å². The van der Waals surface area contributed by atoms with Crippen LogP contribution in [-0.4, -0.2) is 21.5 Å². The van der Waals surface area contributed by atoms with E-state index in [0.717, 1.165) is 18.8 Å². The fraction of sp³-hybridized carbons (Fsp3) is 0.143. The summed E-state index contributed by atoms with van der Waals surface area (Å²) in [6, 6.07) is 10.2. The van der Waals surface area contributed by atoms with Crippen molar-refractivity contribution in [3.63, 3.8) is 0 Å². The van der Waals surface area contributed by atoms with Crippen LogP contribution in [0.25, 0.3) is 10.9 Å². The third-order valence-corrected chi connectivity index (χ3v) is 3.18. The summed E-state index contributed by atoms with van der Waals surface area (Å²) >= 11 is 5.80. The Labute approximate surface area is 115 Å². The largest absolute Gasteiger partial charge is 0.370 e. The molecular weight excluding hydrogens is 260 g/mol. The Balaban J connectivity index is 1.62. The smallest absolute Gasteiger partial charge is 0.134 e. The van der Waals surface area contributed by atoms with E-state index in [1.54, 1.807) is 6.07 Å². The summed E-state index contributed by atoms with van der Waals surface area (Å²) in [7, 11) is 0. The van der Waals surface area contributed by atoms with E-state index in [0.29, 0.717) is 5.15 Å². The molecule has 96 valence electrons. The Morgan fingerprint density at radius 1 is 1.16 bits per heavy atom. The maximum Gasteiger partial charge on any atom is 0.134 e. The van der Waals surface area contributed by atoms with Crippen molar-refractivity contribution in [2.24, 2.45) is 0 Å². The molecule has 1 aromatic carbocycles. The first-order valence-electron chi connectivity index (χ1n) is 6.09. The number of benzene rings is 1. The Bertz CT molecular complexity index is 692. The van der Waals surface area contributed by atoms with Crippen LogP contribution in [0.4, 0.5) is 5.82 Å². The number of nitrogens with one attached hydrogen (secondary N) is 2. The summed E-state index contributed by atoms with van der Waals surface area (Å²) in [6.45, 7) is 0.809. The molecule has 0 saturated heterocycles. The number of aromatic amines is 1. The van der Waals surface area contributed by atoms with Crippen molar-refractivity contribution in [1.82, 2.24) is 15.0 Å². The molecule has 2 aromatic heterocycles. The maximum atomic E-state index is 5.80. The first-order valence-corrected chi connectivity index (χ1v) is 6.46. The molecule has 4 nitrogen and oxygen atoms in total. The van der Waals surface area contributed by atoms with E-state index < -0.39 is 0 Å².